The van der Waals surface area contributed by atoms with Gasteiger partial charge in [-0.2, -0.15) is 0 Å². The number of hydroxylamine groups is 1. The molecule has 1 saturated heterocycles. The number of pyridine rings is 2. The van der Waals surface area contributed by atoms with E-state index in [0.29, 0.717) is 31.4 Å². The first-order valence-electron chi connectivity index (χ1n) is 12.5. The van der Waals surface area contributed by atoms with Crippen LogP contribution >= 0.6 is 11.8 Å². The molecule has 0 unspecified atom stereocenters. The number of carbonyl (C=O) groups is 1. The molecule has 1 aromatic carbocycles. The molecule has 2 aromatic heterocycles. The van der Waals surface area contributed by atoms with Crippen LogP contribution in [0.3, 0.4) is 0 Å². The van der Waals surface area contributed by atoms with E-state index >= 15 is 0 Å². The van der Waals surface area contributed by atoms with Gasteiger partial charge in [0.15, 0.2) is 0 Å². The number of hydrogen-bond donors (Lipinski definition) is 4. The van der Waals surface area contributed by atoms with Gasteiger partial charge in [-0.3, -0.25) is 15.0 Å². The Balaban J connectivity index is 1.43. The van der Waals surface area contributed by atoms with Crippen molar-refractivity contribution in [3.8, 4) is 5.75 Å². The number of nitrogens with one attached hydrogen (secondary N) is 1. The highest BCUT2D eigenvalue weighted by molar-refractivity contribution is 7.99. The number of likely N-dealkylation sites (tertiary alicyclic amines) is 1. The molecule has 1 atom stereocenters. The van der Waals surface area contributed by atoms with Crippen molar-refractivity contribution in [2.45, 2.75) is 43.4 Å². The number of piperidine rings is 1. The second-order valence-corrected chi connectivity index (χ2v) is 10.5. The van der Waals surface area contributed by atoms with Crippen molar-refractivity contribution >= 4 is 28.6 Å². The van der Waals surface area contributed by atoms with Crippen LogP contribution in [-0.4, -0.2) is 63.6 Å². The maximum absolute atomic E-state index is 12.8. The molecule has 10 heteroatoms. The molecule has 0 saturated carbocycles. The molecule has 1 fully saturated rings. The van der Waals surface area contributed by atoms with E-state index in [4.69, 9.17) is 10.5 Å². The van der Waals surface area contributed by atoms with Gasteiger partial charge in [0.05, 0.1) is 29.2 Å². The first-order chi connectivity index (χ1) is 18.0. The Morgan fingerprint density at radius 2 is 2.08 bits per heavy atom. The van der Waals surface area contributed by atoms with Crippen LogP contribution in [-0.2, 0) is 11.3 Å². The van der Waals surface area contributed by atoms with Crippen LogP contribution in [0, 0.1) is 5.41 Å². The molecule has 198 valence electrons. The predicted octanol–water partition coefficient (Wildman–Crippen LogP) is 3.29. The SMILES string of the molecule is COc1ccc2ncc(CN)c([C@H](O)CCC3(C(=O)NO)CCN(CCSc4ccccn4)CC3)c2c1. The standard InChI is InChI=1S/C27H35N5O4S/c1-36-20-5-6-22-21(16-20)25(19(17-28)18-30-22)23(33)7-8-27(26(34)31-35)9-12-32(13-10-27)14-15-37-24-4-2-3-11-29-24/h2-6,11,16,18,23,33,35H,7-10,12-15,17,28H2,1H3,(H,31,34)/t23-/m1/s1. The number of hydrogen-bond acceptors (Lipinski definition) is 9. The summed E-state index contributed by atoms with van der Waals surface area (Å²) in [6.07, 6.45) is 4.66. The highest BCUT2D eigenvalue weighted by Gasteiger charge is 2.41. The zero-order chi connectivity index (χ0) is 26.3. The minimum Gasteiger partial charge on any atom is -0.497 e. The molecule has 0 radical (unpaired) electrons. The molecule has 1 amide bonds. The quantitative estimate of drug-likeness (QED) is 0.169. The van der Waals surface area contributed by atoms with Crippen LogP contribution in [0.1, 0.15) is 42.9 Å². The number of ether oxygens (including phenoxy) is 1. The van der Waals surface area contributed by atoms with E-state index in [-0.39, 0.29) is 12.5 Å². The maximum Gasteiger partial charge on any atom is 0.249 e. The lowest BCUT2D eigenvalue weighted by Gasteiger charge is -2.40. The Kier molecular flexibility index (Phi) is 9.33. The predicted molar refractivity (Wildman–Crippen MR) is 143 cm³/mol. The molecule has 37 heavy (non-hydrogen) atoms. The fraction of sp³-hybridized carbons (Fsp3) is 0.444. The van der Waals surface area contributed by atoms with Gasteiger partial charge in [-0.05, 0) is 80.2 Å². The summed E-state index contributed by atoms with van der Waals surface area (Å²) in [5.74, 6) is 1.19. The molecule has 4 rings (SSSR count). The number of aliphatic hydroxyl groups excluding tert-OH is 1. The smallest absolute Gasteiger partial charge is 0.249 e. The molecule has 0 spiro atoms. The summed E-state index contributed by atoms with van der Waals surface area (Å²) in [5, 5.41) is 22.6. The largest absolute Gasteiger partial charge is 0.497 e. The van der Waals surface area contributed by atoms with Crippen molar-refractivity contribution in [3.63, 3.8) is 0 Å². The second-order valence-electron chi connectivity index (χ2n) is 9.42. The molecule has 0 aliphatic carbocycles. The Morgan fingerprint density at radius 1 is 1.27 bits per heavy atom. The van der Waals surface area contributed by atoms with Crippen molar-refractivity contribution in [2.24, 2.45) is 11.1 Å². The summed E-state index contributed by atoms with van der Waals surface area (Å²) in [7, 11) is 1.60. The van der Waals surface area contributed by atoms with Gasteiger partial charge >= 0.3 is 0 Å². The lowest BCUT2D eigenvalue weighted by molar-refractivity contribution is -0.143. The summed E-state index contributed by atoms with van der Waals surface area (Å²) < 4.78 is 5.38. The normalized spacial score (nSPS) is 16.4. The van der Waals surface area contributed by atoms with Gasteiger partial charge in [-0.15, -0.1) is 11.8 Å². The monoisotopic (exact) mass is 525 g/mol. The maximum atomic E-state index is 12.8. The van der Waals surface area contributed by atoms with E-state index in [2.05, 4.69) is 14.9 Å². The zero-order valence-electron chi connectivity index (χ0n) is 21.1. The summed E-state index contributed by atoms with van der Waals surface area (Å²) >= 11 is 1.71. The Hall–Kier alpha value is -2.76. The highest BCUT2D eigenvalue weighted by Crippen LogP contribution is 2.40. The number of aromatic nitrogens is 2. The van der Waals surface area contributed by atoms with E-state index in [0.717, 1.165) is 52.4 Å². The fourth-order valence-corrected chi connectivity index (χ4v) is 5.97. The highest BCUT2D eigenvalue weighted by atomic mass is 32.2. The lowest BCUT2D eigenvalue weighted by atomic mass is 9.73. The number of thioether (sulfide) groups is 1. The molecule has 9 nitrogen and oxygen atoms in total. The number of carbonyl (C=O) groups excluding carboxylic acids is 1. The fourth-order valence-electron chi connectivity index (χ4n) is 5.10. The number of amides is 1. The third-order valence-electron chi connectivity index (χ3n) is 7.34. The number of nitrogens with two attached hydrogens (primary N) is 1. The average molecular weight is 526 g/mol. The number of nitrogens with zero attached hydrogens (tertiary/aromatic N) is 3. The molecular formula is C27H35N5O4S. The van der Waals surface area contributed by atoms with Crippen molar-refractivity contribution in [3.05, 3.63) is 59.9 Å². The van der Waals surface area contributed by atoms with Gasteiger partial charge in [-0.1, -0.05) is 6.07 Å². The van der Waals surface area contributed by atoms with Crippen LogP contribution in [0.2, 0.25) is 0 Å². The van der Waals surface area contributed by atoms with Crippen molar-refractivity contribution < 1.29 is 19.8 Å². The minimum atomic E-state index is -0.840. The molecule has 3 aromatic rings. The van der Waals surface area contributed by atoms with Crippen LogP contribution in [0.5, 0.6) is 5.75 Å². The third-order valence-corrected chi connectivity index (χ3v) is 8.26. The summed E-state index contributed by atoms with van der Waals surface area (Å²) in [5.41, 5.74) is 9.35. The summed E-state index contributed by atoms with van der Waals surface area (Å²) in [4.78, 5) is 24.0. The number of benzene rings is 1. The van der Waals surface area contributed by atoms with Crippen molar-refractivity contribution in [1.82, 2.24) is 20.3 Å². The van der Waals surface area contributed by atoms with Crippen LogP contribution in [0.15, 0.2) is 53.8 Å². The van der Waals surface area contributed by atoms with Crippen LogP contribution < -0.4 is 16.0 Å². The van der Waals surface area contributed by atoms with Crippen LogP contribution in [0.4, 0.5) is 0 Å². The molecule has 5 N–H and O–H groups in total. The van der Waals surface area contributed by atoms with E-state index in [1.807, 2.05) is 41.9 Å². The van der Waals surface area contributed by atoms with Gasteiger partial charge < -0.3 is 20.5 Å². The molecule has 0 bridgehead atoms. The van der Waals surface area contributed by atoms with Gasteiger partial charge in [0, 0.05) is 36.6 Å². The lowest BCUT2D eigenvalue weighted by Crippen LogP contribution is -2.48. The third kappa shape index (κ3) is 6.39. The Bertz CT molecular complexity index is 1180. The topological polar surface area (TPSA) is 134 Å². The van der Waals surface area contributed by atoms with E-state index in [1.54, 1.807) is 31.3 Å². The Labute approximate surface area is 221 Å². The van der Waals surface area contributed by atoms with E-state index in [1.165, 1.54) is 0 Å². The van der Waals surface area contributed by atoms with Gasteiger partial charge in [0.1, 0.15) is 5.75 Å². The number of rotatable bonds is 11. The van der Waals surface area contributed by atoms with Crippen molar-refractivity contribution in [2.75, 3.05) is 32.5 Å². The van der Waals surface area contributed by atoms with Gasteiger partial charge in [0.25, 0.3) is 0 Å². The van der Waals surface area contributed by atoms with Crippen molar-refractivity contribution in [1.29, 1.82) is 0 Å². The number of methoxy groups -OCH3 is 1. The van der Waals surface area contributed by atoms with E-state index < -0.39 is 11.5 Å². The number of aliphatic hydroxyl groups is 1. The molecule has 1 aliphatic heterocycles. The number of fused-ring (bicyclic) bond motifs is 1. The zero-order valence-corrected chi connectivity index (χ0v) is 21.9. The van der Waals surface area contributed by atoms with Gasteiger partial charge in [-0.25, -0.2) is 10.5 Å². The molecular weight excluding hydrogens is 490 g/mol. The molecule has 1 aliphatic rings. The van der Waals surface area contributed by atoms with Crippen LogP contribution in [0.25, 0.3) is 10.9 Å². The average Bonchev–Trinajstić information content (AvgIpc) is 2.95. The second kappa shape index (κ2) is 12.7. The minimum absolute atomic E-state index is 0.236. The first kappa shape index (κ1) is 27.3. The Morgan fingerprint density at radius 3 is 2.76 bits per heavy atom. The first-order valence-corrected chi connectivity index (χ1v) is 13.5. The summed E-state index contributed by atoms with van der Waals surface area (Å²) in [6.45, 7) is 2.62. The van der Waals surface area contributed by atoms with Gasteiger partial charge in [0.2, 0.25) is 5.91 Å². The molecule has 3 heterocycles. The summed E-state index contributed by atoms with van der Waals surface area (Å²) in [6, 6.07) is 11.4. The van der Waals surface area contributed by atoms with E-state index in [9.17, 15) is 15.1 Å².